The van der Waals surface area contributed by atoms with Crippen molar-refractivity contribution < 1.29 is 8.95 Å². The van der Waals surface area contributed by atoms with Crippen LogP contribution in [0.2, 0.25) is 0 Å². The van der Waals surface area contributed by atoms with E-state index in [0.717, 1.165) is 31.0 Å². The molecule has 0 aromatic heterocycles. The maximum atomic E-state index is 11.3. The van der Waals surface area contributed by atoms with Crippen LogP contribution in [0.25, 0.3) is 0 Å². The van der Waals surface area contributed by atoms with Crippen LogP contribution < -0.4 is 5.32 Å². The van der Waals surface area contributed by atoms with Crippen molar-refractivity contribution in [1.82, 2.24) is 5.32 Å². The summed E-state index contributed by atoms with van der Waals surface area (Å²) < 4.78 is 17.1. The van der Waals surface area contributed by atoms with Gasteiger partial charge in [0.15, 0.2) is 0 Å². The molecule has 0 radical (unpaired) electrons. The lowest BCUT2D eigenvalue weighted by molar-refractivity contribution is 0.0539. The van der Waals surface area contributed by atoms with Crippen molar-refractivity contribution in [2.75, 3.05) is 19.4 Å². The molecule has 2 rings (SSSR count). The van der Waals surface area contributed by atoms with Gasteiger partial charge in [0, 0.05) is 41.6 Å². The van der Waals surface area contributed by atoms with Crippen LogP contribution in [-0.2, 0) is 22.1 Å². The van der Waals surface area contributed by atoms with E-state index >= 15 is 0 Å². The van der Waals surface area contributed by atoms with E-state index in [2.05, 4.69) is 31.3 Å². The Bertz CT molecular complexity index is 444. The average molecular weight is 295 g/mol. The van der Waals surface area contributed by atoms with Gasteiger partial charge < -0.3 is 10.1 Å². The van der Waals surface area contributed by atoms with Crippen molar-refractivity contribution in [3.05, 3.63) is 29.8 Å². The molecule has 20 heavy (non-hydrogen) atoms. The molecular weight excluding hydrogens is 270 g/mol. The summed E-state index contributed by atoms with van der Waals surface area (Å²) in [4.78, 5) is 0.887. The molecule has 0 spiro atoms. The van der Waals surface area contributed by atoms with Crippen LogP contribution in [0.5, 0.6) is 0 Å². The Kier molecular flexibility index (Phi) is 5.75. The van der Waals surface area contributed by atoms with E-state index < -0.39 is 10.8 Å². The minimum Gasteiger partial charge on any atom is -0.378 e. The molecular formula is C16H25NO2S. The van der Waals surface area contributed by atoms with Gasteiger partial charge in [-0.3, -0.25) is 4.21 Å². The number of rotatable bonds is 6. The van der Waals surface area contributed by atoms with Crippen LogP contribution in [0.3, 0.4) is 0 Å². The van der Waals surface area contributed by atoms with E-state index in [1.807, 2.05) is 12.1 Å². The molecule has 0 saturated carbocycles. The van der Waals surface area contributed by atoms with Gasteiger partial charge in [-0.05, 0) is 36.0 Å². The van der Waals surface area contributed by atoms with Gasteiger partial charge in [-0.15, -0.1) is 0 Å². The molecule has 0 unspecified atom stereocenters. The van der Waals surface area contributed by atoms with Crippen LogP contribution in [-0.4, -0.2) is 29.7 Å². The molecule has 1 heterocycles. The van der Waals surface area contributed by atoms with Gasteiger partial charge in [-0.2, -0.15) is 0 Å². The number of ether oxygens (including phenoxy) is 1. The summed E-state index contributed by atoms with van der Waals surface area (Å²) in [7, 11) is -0.892. The van der Waals surface area contributed by atoms with Gasteiger partial charge in [0.05, 0.1) is 6.10 Å². The van der Waals surface area contributed by atoms with Gasteiger partial charge in [-0.1, -0.05) is 26.0 Å². The van der Waals surface area contributed by atoms with Gasteiger partial charge in [-0.25, -0.2) is 0 Å². The van der Waals surface area contributed by atoms with Crippen LogP contribution >= 0.6 is 0 Å². The van der Waals surface area contributed by atoms with E-state index in [9.17, 15) is 4.21 Å². The fourth-order valence-electron chi connectivity index (χ4n) is 2.81. The molecule has 3 nitrogen and oxygen atoms in total. The Labute approximate surface area is 124 Å². The zero-order chi connectivity index (χ0) is 14.5. The molecule has 0 aliphatic carbocycles. The first-order valence-electron chi connectivity index (χ1n) is 7.32. The lowest BCUT2D eigenvalue weighted by Gasteiger charge is -2.22. The molecule has 4 heteroatoms. The fraction of sp³-hybridized carbons (Fsp3) is 0.625. The highest BCUT2D eigenvalue weighted by molar-refractivity contribution is 7.84. The molecule has 0 amide bonds. The number of hydrogen-bond donors (Lipinski definition) is 1. The maximum Gasteiger partial charge on any atom is 0.0639 e. The van der Waals surface area contributed by atoms with E-state index in [0.29, 0.717) is 17.9 Å². The third-order valence-electron chi connectivity index (χ3n) is 3.91. The number of nitrogens with one attached hydrogen (secondary N) is 1. The minimum absolute atomic E-state index is 0.396. The summed E-state index contributed by atoms with van der Waals surface area (Å²) >= 11 is 0. The van der Waals surface area contributed by atoms with Crippen LogP contribution in [0.1, 0.15) is 25.8 Å². The first kappa shape index (κ1) is 15.7. The molecule has 3 atom stereocenters. The average Bonchev–Trinajstić information content (AvgIpc) is 2.88. The summed E-state index contributed by atoms with van der Waals surface area (Å²) in [5.41, 5.74) is 1.24. The first-order valence-corrected chi connectivity index (χ1v) is 8.88. The molecule has 1 aromatic carbocycles. The molecule has 1 aromatic rings. The highest BCUT2D eigenvalue weighted by Crippen LogP contribution is 2.26. The van der Waals surface area contributed by atoms with Crippen molar-refractivity contribution in [1.29, 1.82) is 0 Å². The monoisotopic (exact) mass is 295 g/mol. The highest BCUT2D eigenvalue weighted by Gasteiger charge is 2.29. The van der Waals surface area contributed by atoms with Crippen LogP contribution in [0.15, 0.2) is 29.2 Å². The van der Waals surface area contributed by atoms with Gasteiger partial charge in [0.2, 0.25) is 0 Å². The lowest BCUT2D eigenvalue weighted by Crippen LogP contribution is -2.31. The van der Waals surface area contributed by atoms with E-state index in [1.165, 1.54) is 5.56 Å². The van der Waals surface area contributed by atoms with Crippen molar-refractivity contribution in [2.45, 2.75) is 37.8 Å². The summed E-state index contributed by atoms with van der Waals surface area (Å²) in [6.07, 6.45) is 3.26. The molecule has 1 saturated heterocycles. The lowest BCUT2D eigenvalue weighted by atomic mass is 9.93. The second-order valence-corrected chi connectivity index (χ2v) is 7.24. The molecule has 1 aliphatic rings. The fourth-order valence-corrected chi connectivity index (χ4v) is 3.33. The standard InChI is InChI=1S/C16H25NO2S/c1-12(2)16-14(8-9-19-16)11-17-10-13-4-6-15(7-5-13)20(3)18/h4-7,12,14,16-17H,8-11H2,1-3H3/t14-,16-,20+/m1/s1. The topological polar surface area (TPSA) is 38.3 Å². The predicted octanol–water partition coefficient (Wildman–Crippen LogP) is 2.57. The summed E-state index contributed by atoms with van der Waals surface area (Å²) in [6, 6.07) is 8.00. The molecule has 1 fully saturated rings. The number of hydrogen-bond acceptors (Lipinski definition) is 3. The summed E-state index contributed by atoms with van der Waals surface area (Å²) in [5, 5.41) is 3.52. The third-order valence-corrected chi connectivity index (χ3v) is 4.85. The SMILES string of the molecule is CC(C)[C@H]1OCC[C@@H]1CNCc1ccc([S@](C)=O)cc1. The van der Waals surface area contributed by atoms with E-state index in [1.54, 1.807) is 6.26 Å². The first-order chi connectivity index (χ1) is 9.58. The van der Waals surface area contributed by atoms with Gasteiger partial charge in [0.25, 0.3) is 0 Å². The van der Waals surface area contributed by atoms with E-state index in [-0.39, 0.29) is 0 Å². The minimum atomic E-state index is -0.892. The zero-order valence-electron chi connectivity index (χ0n) is 12.6. The smallest absolute Gasteiger partial charge is 0.0639 e. The molecule has 112 valence electrons. The normalized spacial score (nSPS) is 24.2. The van der Waals surface area contributed by atoms with Crippen LogP contribution in [0.4, 0.5) is 0 Å². The van der Waals surface area contributed by atoms with Crippen molar-refractivity contribution >= 4 is 10.8 Å². The Morgan fingerprint density at radius 3 is 2.65 bits per heavy atom. The largest absolute Gasteiger partial charge is 0.378 e. The Hall–Kier alpha value is -0.710. The highest BCUT2D eigenvalue weighted by atomic mass is 32.2. The molecule has 0 bridgehead atoms. The zero-order valence-corrected chi connectivity index (χ0v) is 13.4. The molecule has 1 aliphatic heterocycles. The second-order valence-electron chi connectivity index (χ2n) is 5.86. The number of benzene rings is 1. The van der Waals surface area contributed by atoms with Crippen LogP contribution in [0, 0.1) is 11.8 Å². The second kappa shape index (κ2) is 7.34. The summed E-state index contributed by atoms with van der Waals surface area (Å²) in [6.45, 7) is 7.22. The maximum absolute atomic E-state index is 11.3. The van der Waals surface area contributed by atoms with Crippen molar-refractivity contribution in [2.24, 2.45) is 11.8 Å². The summed E-state index contributed by atoms with van der Waals surface area (Å²) in [5.74, 6) is 1.21. The Morgan fingerprint density at radius 1 is 1.35 bits per heavy atom. The Morgan fingerprint density at radius 2 is 2.05 bits per heavy atom. The quantitative estimate of drug-likeness (QED) is 0.876. The Balaban J connectivity index is 1.79. The van der Waals surface area contributed by atoms with E-state index in [4.69, 9.17) is 4.74 Å². The molecule has 1 N–H and O–H groups in total. The van der Waals surface area contributed by atoms with Crippen molar-refractivity contribution in [3.8, 4) is 0 Å². The third kappa shape index (κ3) is 4.14. The predicted molar refractivity (Wildman–Crippen MR) is 83.2 cm³/mol. The van der Waals surface area contributed by atoms with Gasteiger partial charge >= 0.3 is 0 Å². The van der Waals surface area contributed by atoms with Crippen molar-refractivity contribution in [3.63, 3.8) is 0 Å². The van der Waals surface area contributed by atoms with Gasteiger partial charge in [0.1, 0.15) is 0 Å².